The molecule has 1 aromatic heterocycles. The van der Waals surface area contributed by atoms with Gasteiger partial charge in [0.1, 0.15) is 0 Å². The number of urea groups is 1. The number of nitrogens with one attached hydrogen (secondary N) is 1. The van der Waals surface area contributed by atoms with Crippen molar-refractivity contribution < 1.29 is 9.90 Å². The van der Waals surface area contributed by atoms with Crippen molar-refractivity contribution in [3.8, 4) is 0 Å². The monoisotopic (exact) mass is 241 g/mol. The smallest absolute Gasteiger partial charge is 0.332 e. The first-order valence-electron chi connectivity index (χ1n) is 4.78. The van der Waals surface area contributed by atoms with Crippen LogP contribution < -0.4 is 9.62 Å². The van der Waals surface area contributed by atoms with E-state index in [1.54, 1.807) is 32.2 Å². The molecule has 2 N–H and O–H groups in total. The summed E-state index contributed by atoms with van der Waals surface area (Å²) in [6.45, 7) is 3.29. The second-order valence-corrected chi connectivity index (χ2v) is 4.40. The van der Waals surface area contributed by atoms with E-state index in [4.69, 9.17) is 5.11 Å². The van der Waals surface area contributed by atoms with Crippen molar-refractivity contribution in [1.82, 2.24) is 10.3 Å². The van der Waals surface area contributed by atoms with Crippen LogP contribution in [0.2, 0.25) is 0 Å². The van der Waals surface area contributed by atoms with Crippen LogP contribution in [0.15, 0.2) is 24.5 Å². The average Bonchev–Trinajstić information content (AvgIpc) is 2.28. The van der Waals surface area contributed by atoms with Crippen molar-refractivity contribution in [3.05, 3.63) is 24.5 Å². The molecule has 5 nitrogen and oxygen atoms in total. The molecule has 0 aromatic carbocycles. The van der Waals surface area contributed by atoms with E-state index in [9.17, 15) is 4.79 Å². The molecule has 6 heteroatoms. The Hall–Kier alpha value is -1.27. The molecular weight excluding hydrogens is 226 g/mol. The van der Waals surface area contributed by atoms with Gasteiger partial charge in [0.15, 0.2) is 0 Å². The Morgan fingerprint density at radius 2 is 2.38 bits per heavy atom. The van der Waals surface area contributed by atoms with Crippen LogP contribution in [-0.2, 0) is 0 Å². The molecule has 0 radical (unpaired) electrons. The number of hydrogen-bond acceptors (Lipinski definition) is 4. The molecule has 0 aliphatic heterocycles. The van der Waals surface area contributed by atoms with Crippen molar-refractivity contribution in [2.24, 2.45) is 0 Å². The molecule has 0 atom stereocenters. The SMILES string of the molecule is CC(C)(CO)NC(=O)N(S)c1cccnc1. The van der Waals surface area contributed by atoms with Crippen LogP contribution in [0.3, 0.4) is 0 Å². The molecule has 1 heterocycles. The van der Waals surface area contributed by atoms with E-state index < -0.39 is 11.6 Å². The summed E-state index contributed by atoms with van der Waals surface area (Å²) in [5, 5.41) is 11.7. The zero-order valence-corrected chi connectivity index (χ0v) is 10.1. The molecule has 0 aliphatic carbocycles. The number of aliphatic hydroxyl groups excluding tert-OH is 1. The first-order chi connectivity index (χ1) is 7.46. The van der Waals surface area contributed by atoms with Gasteiger partial charge in [0.05, 0.1) is 24.0 Å². The summed E-state index contributed by atoms with van der Waals surface area (Å²) in [7, 11) is 0. The highest BCUT2D eigenvalue weighted by Gasteiger charge is 2.22. The molecule has 1 rings (SSSR count). The van der Waals surface area contributed by atoms with E-state index in [-0.39, 0.29) is 6.61 Å². The number of hydrogen-bond donors (Lipinski definition) is 3. The number of carbonyl (C=O) groups is 1. The minimum absolute atomic E-state index is 0.145. The number of pyridine rings is 1. The molecular formula is C10H15N3O2S. The summed E-state index contributed by atoms with van der Waals surface area (Å²) >= 11 is 4.06. The van der Waals surface area contributed by atoms with Gasteiger partial charge in [0, 0.05) is 6.20 Å². The van der Waals surface area contributed by atoms with Gasteiger partial charge in [0.25, 0.3) is 0 Å². The number of aromatic nitrogens is 1. The lowest BCUT2D eigenvalue weighted by Gasteiger charge is -2.26. The van der Waals surface area contributed by atoms with Crippen molar-refractivity contribution in [2.45, 2.75) is 19.4 Å². The van der Waals surface area contributed by atoms with E-state index in [0.717, 1.165) is 4.31 Å². The summed E-state index contributed by atoms with van der Waals surface area (Å²) in [5.41, 5.74) is -0.114. The van der Waals surface area contributed by atoms with E-state index in [1.165, 1.54) is 6.20 Å². The maximum Gasteiger partial charge on any atom is 0.332 e. The first kappa shape index (κ1) is 12.8. The van der Waals surface area contributed by atoms with Crippen molar-refractivity contribution in [3.63, 3.8) is 0 Å². The third-order valence-corrected chi connectivity index (χ3v) is 2.34. The van der Waals surface area contributed by atoms with Gasteiger partial charge < -0.3 is 10.4 Å². The van der Waals surface area contributed by atoms with Crippen LogP contribution in [0.1, 0.15) is 13.8 Å². The molecule has 0 saturated carbocycles. The number of anilines is 1. The Bertz CT molecular complexity index is 356. The highest BCUT2D eigenvalue weighted by molar-refractivity contribution is 7.82. The Morgan fingerprint density at radius 3 is 2.88 bits per heavy atom. The fourth-order valence-electron chi connectivity index (χ4n) is 0.978. The molecule has 0 saturated heterocycles. The van der Waals surface area contributed by atoms with Crippen molar-refractivity contribution in [2.75, 3.05) is 10.9 Å². The minimum Gasteiger partial charge on any atom is -0.394 e. The number of aliphatic hydroxyl groups is 1. The van der Waals surface area contributed by atoms with Gasteiger partial charge in [-0.2, -0.15) is 0 Å². The summed E-state index contributed by atoms with van der Waals surface area (Å²) in [6.07, 6.45) is 3.14. The van der Waals surface area contributed by atoms with E-state index in [1.807, 2.05) is 0 Å². The second kappa shape index (κ2) is 5.18. The largest absolute Gasteiger partial charge is 0.394 e. The quantitative estimate of drug-likeness (QED) is 0.697. The molecule has 0 fully saturated rings. The van der Waals surface area contributed by atoms with Gasteiger partial charge in [-0.1, -0.05) is 12.8 Å². The molecule has 0 bridgehead atoms. The lowest BCUT2D eigenvalue weighted by atomic mass is 10.1. The fourth-order valence-corrected chi connectivity index (χ4v) is 1.15. The van der Waals surface area contributed by atoms with Crippen LogP contribution in [0.25, 0.3) is 0 Å². The lowest BCUT2D eigenvalue weighted by Crippen LogP contribution is -2.49. The van der Waals surface area contributed by atoms with Crippen molar-refractivity contribution >= 4 is 24.5 Å². The molecule has 0 spiro atoms. The van der Waals surface area contributed by atoms with Crippen molar-refractivity contribution in [1.29, 1.82) is 0 Å². The van der Waals surface area contributed by atoms with Crippen LogP contribution in [0.4, 0.5) is 10.5 Å². The van der Waals surface area contributed by atoms with Gasteiger partial charge >= 0.3 is 6.03 Å². The Labute approximate surface area is 100 Å². The molecule has 88 valence electrons. The molecule has 0 unspecified atom stereocenters. The minimum atomic E-state index is -0.680. The maximum absolute atomic E-state index is 11.7. The predicted octanol–water partition coefficient (Wildman–Crippen LogP) is 1.21. The van der Waals surface area contributed by atoms with Crippen LogP contribution in [0, 0.1) is 0 Å². The summed E-state index contributed by atoms with van der Waals surface area (Å²) in [4.78, 5) is 15.6. The summed E-state index contributed by atoms with van der Waals surface area (Å²) in [5.74, 6) is 0. The normalized spacial score (nSPS) is 11.0. The number of nitrogens with zero attached hydrogens (tertiary/aromatic N) is 2. The number of rotatable bonds is 3. The Kier molecular flexibility index (Phi) is 4.14. The van der Waals surface area contributed by atoms with E-state index >= 15 is 0 Å². The lowest BCUT2D eigenvalue weighted by molar-refractivity contribution is 0.186. The van der Waals surface area contributed by atoms with Gasteiger partial charge in [-0.05, 0) is 26.0 Å². The maximum atomic E-state index is 11.7. The fraction of sp³-hybridized carbons (Fsp3) is 0.400. The number of thiol groups is 1. The zero-order valence-electron chi connectivity index (χ0n) is 9.21. The molecule has 2 amide bonds. The molecule has 16 heavy (non-hydrogen) atoms. The number of amides is 2. The third-order valence-electron chi connectivity index (χ3n) is 1.92. The van der Waals surface area contributed by atoms with E-state index in [0.29, 0.717) is 5.69 Å². The summed E-state index contributed by atoms with van der Waals surface area (Å²) < 4.78 is 1.14. The zero-order chi connectivity index (χ0) is 12.2. The molecule has 0 aliphatic rings. The Morgan fingerprint density at radius 1 is 1.69 bits per heavy atom. The molecule has 1 aromatic rings. The highest BCUT2D eigenvalue weighted by atomic mass is 32.1. The van der Waals surface area contributed by atoms with Gasteiger partial charge in [-0.25, -0.2) is 9.10 Å². The standard InChI is InChI=1S/C10H15N3O2S/c1-10(2,7-14)12-9(15)13(16)8-4-3-5-11-6-8/h3-6,14,16H,7H2,1-2H3,(H,12,15). The van der Waals surface area contributed by atoms with Crippen LogP contribution >= 0.6 is 12.8 Å². The van der Waals surface area contributed by atoms with Gasteiger partial charge in [0.2, 0.25) is 0 Å². The predicted molar refractivity (Wildman–Crippen MR) is 65.4 cm³/mol. The van der Waals surface area contributed by atoms with Crippen LogP contribution in [0.5, 0.6) is 0 Å². The average molecular weight is 241 g/mol. The van der Waals surface area contributed by atoms with Crippen LogP contribution in [-0.4, -0.2) is 28.3 Å². The third kappa shape index (κ3) is 3.39. The highest BCUT2D eigenvalue weighted by Crippen LogP contribution is 2.14. The van der Waals surface area contributed by atoms with E-state index in [2.05, 4.69) is 23.1 Å². The first-order valence-corrected chi connectivity index (χ1v) is 5.18. The second-order valence-electron chi connectivity index (χ2n) is 4.00. The summed E-state index contributed by atoms with van der Waals surface area (Å²) in [6, 6.07) is 3.02. The Balaban J connectivity index is 2.69. The number of carbonyl (C=O) groups excluding carboxylic acids is 1. The van der Waals surface area contributed by atoms with Gasteiger partial charge in [-0.15, -0.1) is 0 Å². The topological polar surface area (TPSA) is 65.5 Å². The van der Waals surface area contributed by atoms with Gasteiger partial charge in [-0.3, -0.25) is 4.98 Å².